The summed E-state index contributed by atoms with van der Waals surface area (Å²) in [5, 5.41) is 7.96. The van der Waals surface area contributed by atoms with E-state index in [0.717, 1.165) is 35.1 Å². The van der Waals surface area contributed by atoms with Crippen LogP contribution in [0.5, 0.6) is 0 Å². The molecular formula is C23H20ClN3. The van der Waals surface area contributed by atoms with Crippen LogP contribution in [0.4, 0.5) is 5.69 Å². The molecule has 5 rings (SSSR count). The lowest BCUT2D eigenvalue weighted by atomic mass is 9.96. The second-order valence-corrected chi connectivity index (χ2v) is 7.52. The Hall–Kier alpha value is -2.78. The third-order valence-electron chi connectivity index (χ3n) is 5.39. The molecule has 2 atom stereocenters. The van der Waals surface area contributed by atoms with E-state index in [4.69, 9.17) is 16.6 Å². The van der Waals surface area contributed by atoms with Crippen LogP contribution in [-0.4, -0.2) is 5.96 Å². The first-order valence-electron chi connectivity index (χ1n) is 9.32. The maximum Gasteiger partial charge on any atom is 0.197 e. The van der Waals surface area contributed by atoms with Gasteiger partial charge in [0, 0.05) is 10.6 Å². The van der Waals surface area contributed by atoms with Crippen molar-refractivity contribution in [2.24, 2.45) is 4.99 Å². The van der Waals surface area contributed by atoms with Gasteiger partial charge in [-0.05, 0) is 47.7 Å². The summed E-state index contributed by atoms with van der Waals surface area (Å²) < 4.78 is 0. The van der Waals surface area contributed by atoms with E-state index < -0.39 is 0 Å². The van der Waals surface area contributed by atoms with Gasteiger partial charge < -0.3 is 10.6 Å². The minimum atomic E-state index is 0.0246. The first-order valence-corrected chi connectivity index (χ1v) is 9.70. The highest BCUT2D eigenvalue weighted by Crippen LogP contribution is 2.36. The van der Waals surface area contributed by atoms with E-state index in [1.54, 1.807) is 0 Å². The summed E-state index contributed by atoms with van der Waals surface area (Å²) in [6.07, 6.45) is 2.19. The van der Waals surface area contributed by atoms with Crippen LogP contribution in [0, 0.1) is 0 Å². The smallest absolute Gasteiger partial charge is 0.197 e. The van der Waals surface area contributed by atoms with Gasteiger partial charge in [-0.1, -0.05) is 66.2 Å². The van der Waals surface area contributed by atoms with Crippen molar-refractivity contribution in [2.45, 2.75) is 24.9 Å². The first-order chi connectivity index (χ1) is 13.3. The van der Waals surface area contributed by atoms with Gasteiger partial charge in [-0.15, -0.1) is 0 Å². The Kier molecular flexibility index (Phi) is 4.10. The fourth-order valence-electron chi connectivity index (χ4n) is 4.08. The number of nitrogens with zero attached hydrogens (tertiary/aromatic N) is 1. The summed E-state index contributed by atoms with van der Waals surface area (Å²) in [4.78, 5) is 4.83. The monoisotopic (exact) mass is 373 g/mol. The molecule has 0 aromatic heterocycles. The topological polar surface area (TPSA) is 36.4 Å². The summed E-state index contributed by atoms with van der Waals surface area (Å²) in [7, 11) is 0. The van der Waals surface area contributed by atoms with Crippen molar-refractivity contribution in [3.8, 4) is 0 Å². The van der Waals surface area contributed by atoms with Crippen molar-refractivity contribution < 1.29 is 0 Å². The Morgan fingerprint density at radius 2 is 1.74 bits per heavy atom. The predicted octanol–water partition coefficient (Wildman–Crippen LogP) is 5.30. The second-order valence-electron chi connectivity index (χ2n) is 7.09. The van der Waals surface area contributed by atoms with Gasteiger partial charge in [0.2, 0.25) is 0 Å². The highest BCUT2D eigenvalue weighted by Gasteiger charge is 2.27. The van der Waals surface area contributed by atoms with Gasteiger partial charge in [0.15, 0.2) is 5.96 Å². The Morgan fingerprint density at radius 1 is 0.926 bits per heavy atom. The van der Waals surface area contributed by atoms with Crippen LogP contribution in [0.15, 0.2) is 77.8 Å². The van der Waals surface area contributed by atoms with E-state index in [2.05, 4.69) is 59.2 Å². The lowest BCUT2D eigenvalue weighted by Crippen LogP contribution is -2.42. The molecule has 1 heterocycles. The third-order valence-corrected chi connectivity index (χ3v) is 5.63. The summed E-state index contributed by atoms with van der Waals surface area (Å²) in [5.41, 5.74) is 6.06. The Labute approximate surface area is 164 Å². The molecule has 2 unspecified atom stereocenters. The summed E-state index contributed by atoms with van der Waals surface area (Å²) >= 11 is 6.27. The number of rotatable bonds is 2. The van der Waals surface area contributed by atoms with Crippen molar-refractivity contribution in [1.82, 2.24) is 10.6 Å². The molecule has 0 fully saturated rings. The summed E-state index contributed by atoms with van der Waals surface area (Å²) in [6.45, 7) is 0. The molecule has 3 aromatic carbocycles. The van der Waals surface area contributed by atoms with Crippen molar-refractivity contribution in [2.75, 3.05) is 0 Å². The van der Waals surface area contributed by atoms with Gasteiger partial charge in [0.05, 0.1) is 17.8 Å². The van der Waals surface area contributed by atoms with E-state index in [0.29, 0.717) is 0 Å². The molecule has 4 heteroatoms. The molecule has 0 bridgehead atoms. The second kappa shape index (κ2) is 6.75. The molecule has 0 spiro atoms. The van der Waals surface area contributed by atoms with Gasteiger partial charge >= 0.3 is 0 Å². The van der Waals surface area contributed by atoms with Crippen LogP contribution in [0.2, 0.25) is 5.02 Å². The Balaban J connectivity index is 1.50. The lowest BCUT2D eigenvalue weighted by Gasteiger charge is -2.29. The normalized spacial score (nSPS) is 20.3. The number of nitrogens with one attached hydrogen (secondary N) is 2. The molecule has 134 valence electrons. The Bertz CT molecular complexity index is 1010. The van der Waals surface area contributed by atoms with E-state index in [9.17, 15) is 0 Å². The number of aryl methyl sites for hydroxylation is 1. The number of halogens is 1. The molecule has 0 saturated carbocycles. The van der Waals surface area contributed by atoms with E-state index in [1.165, 1.54) is 16.7 Å². The third kappa shape index (κ3) is 3.08. The molecule has 2 N–H and O–H groups in total. The molecule has 0 saturated heterocycles. The molecule has 1 aliphatic carbocycles. The quantitative estimate of drug-likeness (QED) is 0.639. The van der Waals surface area contributed by atoms with Crippen molar-refractivity contribution in [1.29, 1.82) is 0 Å². The standard InChI is InChI=1S/C23H20ClN3/c24-17-11-13-21-19(14-17)22(16-7-2-1-3-8-16)27-23(26-21)25-20-12-10-15-6-4-5-9-18(15)20/h1-9,11,13-14,20,22H,10,12H2,(H2,25,26,27). The number of hydrogen-bond donors (Lipinski definition) is 2. The lowest BCUT2D eigenvalue weighted by molar-refractivity contribution is 0.607. The van der Waals surface area contributed by atoms with Crippen molar-refractivity contribution in [3.63, 3.8) is 0 Å². The number of fused-ring (bicyclic) bond motifs is 2. The van der Waals surface area contributed by atoms with Crippen molar-refractivity contribution >= 4 is 23.2 Å². The van der Waals surface area contributed by atoms with Gasteiger partial charge in [-0.3, -0.25) is 0 Å². The number of aliphatic imine (C=N–C) groups is 1. The molecule has 0 amide bonds. The van der Waals surface area contributed by atoms with Crippen molar-refractivity contribution in [3.05, 3.63) is 100 Å². The van der Waals surface area contributed by atoms with Crippen LogP contribution < -0.4 is 10.6 Å². The maximum atomic E-state index is 6.27. The van der Waals surface area contributed by atoms with Crippen LogP contribution in [0.3, 0.4) is 0 Å². The molecule has 0 radical (unpaired) electrons. The molecule has 3 nitrogen and oxygen atoms in total. The summed E-state index contributed by atoms with van der Waals surface area (Å²) in [6, 6.07) is 25.3. The summed E-state index contributed by atoms with van der Waals surface area (Å²) in [5.74, 6) is 0.820. The minimum Gasteiger partial charge on any atom is -0.349 e. The minimum absolute atomic E-state index is 0.0246. The highest BCUT2D eigenvalue weighted by molar-refractivity contribution is 6.30. The fourth-order valence-corrected chi connectivity index (χ4v) is 4.26. The van der Waals surface area contributed by atoms with E-state index in [1.807, 2.05) is 24.3 Å². The van der Waals surface area contributed by atoms with Gasteiger partial charge in [0.25, 0.3) is 0 Å². The van der Waals surface area contributed by atoms with Crippen LogP contribution in [-0.2, 0) is 6.42 Å². The molecular weight excluding hydrogens is 354 g/mol. The van der Waals surface area contributed by atoms with Gasteiger partial charge in [-0.2, -0.15) is 0 Å². The van der Waals surface area contributed by atoms with Crippen LogP contribution >= 0.6 is 11.6 Å². The average molecular weight is 374 g/mol. The largest absolute Gasteiger partial charge is 0.349 e. The van der Waals surface area contributed by atoms with E-state index >= 15 is 0 Å². The number of benzene rings is 3. The zero-order valence-corrected chi connectivity index (χ0v) is 15.6. The SMILES string of the molecule is Clc1ccc2c(c1)C(c1ccccc1)NC(NC1CCc3ccccc31)=N2. The molecule has 1 aliphatic heterocycles. The average Bonchev–Trinajstić information content (AvgIpc) is 3.11. The van der Waals surface area contributed by atoms with Crippen LogP contribution in [0.1, 0.15) is 40.8 Å². The first kappa shape index (κ1) is 16.4. The van der Waals surface area contributed by atoms with Crippen LogP contribution in [0.25, 0.3) is 0 Å². The molecule has 3 aromatic rings. The van der Waals surface area contributed by atoms with E-state index in [-0.39, 0.29) is 12.1 Å². The van der Waals surface area contributed by atoms with Gasteiger partial charge in [0.1, 0.15) is 0 Å². The highest BCUT2D eigenvalue weighted by atomic mass is 35.5. The predicted molar refractivity (Wildman–Crippen MR) is 111 cm³/mol. The van der Waals surface area contributed by atoms with Gasteiger partial charge in [-0.25, -0.2) is 4.99 Å². The molecule has 2 aliphatic rings. The number of guanidine groups is 1. The Morgan fingerprint density at radius 3 is 2.63 bits per heavy atom. The zero-order valence-electron chi connectivity index (χ0n) is 14.8. The number of hydrogen-bond acceptors (Lipinski definition) is 3. The molecule has 27 heavy (non-hydrogen) atoms. The fraction of sp³-hybridized carbons (Fsp3) is 0.174. The maximum absolute atomic E-state index is 6.27. The zero-order chi connectivity index (χ0) is 18.2.